The molecule has 62 heavy (non-hydrogen) atoms. The monoisotopic (exact) mass is 828 g/mol. The first-order chi connectivity index (χ1) is 30.1. The highest BCUT2D eigenvalue weighted by atomic mass is 16.5. The van der Waals surface area contributed by atoms with Crippen LogP contribution in [0.4, 0.5) is 0 Å². The number of hydrogen-bond acceptors (Lipinski definition) is 9. The molecule has 12 nitrogen and oxygen atoms in total. The molecule has 1 amide bonds. The summed E-state index contributed by atoms with van der Waals surface area (Å²) >= 11 is 0. The largest absolute Gasteiger partial charge is 0.463 e. The minimum absolute atomic E-state index is 0.264. The van der Waals surface area contributed by atoms with Crippen LogP contribution in [0.3, 0.4) is 0 Å². The van der Waals surface area contributed by atoms with Gasteiger partial charge in [0.2, 0.25) is 0 Å². The van der Waals surface area contributed by atoms with Crippen LogP contribution in [0.1, 0.15) is 57.1 Å². The van der Waals surface area contributed by atoms with Crippen LogP contribution < -0.4 is 5.48 Å². The van der Waals surface area contributed by atoms with Crippen LogP contribution in [-0.2, 0) is 14.3 Å². The van der Waals surface area contributed by atoms with Crippen LogP contribution in [-0.4, -0.2) is 68.1 Å². The van der Waals surface area contributed by atoms with Gasteiger partial charge in [-0.3, -0.25) is 15.0 Å². The quantitative estimate of drug-likeness (QED) is 0.0787. The number of rotatable bonds is 10. The van der Waals surface area contributed by atoms with E-state index in [2.05, 4.69) is 15.2 Å². The second kappa shape index (κ2) is 21.0. The standard InChI is InChI=1S/C19H18N2O2.C17H15N3O2.C14H15NO2/c1-3-23-19(22)18-13-17(16-12-8-7-9-14(16)2)20-21(18)15-10-5-4-6-11-15;1-12-7-5-6-10-14(12)15-11-16(17(21)19-22)20(18-15)13-8-3-2-4-9-13;1-3-17-14(16)11-8-13(15-9-11)12-7-5-4-6-10(12)2/h4-13H,3H2,1-2H3;2-11,22H,1H3,(H,19,21);4-8H,3,9H2,1-2H3. The number of aryl methyl sites for hydroxylation is 3. The van der Waals surface area contributed by atoms with E-state index < -0.39 is 5.91 Å². The summed E-state index contributed by atoms with van der Waals surface area (Å²) in [5, 5.41) is 18.1. The first-order valence-electron chi connectivity index (χ1n) is 20.2. The molecule has 0 radical (unpaired) electrons. The molecule has 0 saturated heterocycles. The van der Waals surface area contributed by atoms with Crippen molar-refractivity contribution in [1.29, 1.82) is 0 Å². The lowest BCUT2D eigenvalue weighted by atomic mass is 10.0. The molecule has 0 unspecified atom stereocenters. The molecule has 5 aromatic carbocycles. The third kappa shape index (κ3) is 10.5. The number of aromatic nitrogens is 4. The Labute approximate surface area is 360 Å². The van der Waals surface area contributed by atoms with Crippen molar-refractivity contribution in [2.75, 3.05) is 19.8 Å². The maximum absolute atomic E-state index is 12.3. The Hall–Kier alpha value is -7.70. The fourth-order valence-electron chi connectivity index (χ4n) is 6.64. The number of amides is 1. The number of esters is 2. The van der Waals surface area contributed by atoms with E-state index in [1.807, 2.05) is 160 Å². The molecular weight excluding hydrogens is 781 g/mol. The van der Waals surface area contributed by atoms with E-state index in [1.165, 1.54) is 4.68 Å². The van der Waals surface area contributed by atoms with Gasteiger partial charge in [0, 0.05) is 16.7 Å². The van der Waals surface area contributed by atoms with Crippen molar-refractivity contribution in [2.24, 2.45) is 4.99 Å². The second-order valence-corrected chi connectivity index (χ2v) is 14.0. The molecule has 0 fully saturated rings. The van der Waals surface area contributed by atoms with E-state index in [-0.39, 0.29) is 17.6 Å². The molecule has 3 heterocycles. The highest BCUT2D eigenvalue weighted by Crippen LogP contribution is 2.26. The summed E-state index contributed by atoms with van der Waals surface area (Å²) in [5.41, 5.74) is 13.3. The first-order valence-corrected chi connectivity index (χ1v) is 20.2. The van der Waals surface area contributed by atoms with Gasteiger partial charge < -0.3 is 9.47 Å². The van der Waals surface area contributed by atoms with E-state index in [9.17, 15) is 14.4 Å². The van der Waals surface area contributed by atoms with Crippen LogP contribution in [0, 0.1) is 20.8 Å². The number of benzene rings is 5. The van der Waals surface area contributed by atoms with Gasteiger partial charge in [0.15, 0.2) is 5.69 Å². The van der Waals surface area contributed by atoms with E-state index in [1.54, 1.807) is 36.1 Å². The number of hydroxylamine groups is 1. The zero-order valence-electron chi connectivity index (χ0n) is 35.3. The summed E-state index contributed by atoms with van der Waals surface area (Å²) in [7, 11) is 0. The van der Waals surface area contributed by atoms with Crippen molar-refractivity contribution in [3.63, 3.8) is 0 Å². The fraction of sp³-hybridized carbons (Fsp3) is 0.160. The first kappa shape index (κ1) is 43.9. The van der Waals surface area contributed by atoms with Crippen molar-refractivity contribution in [1.82, 2.24) is 25.0 Å². The lowest BCUT2D eigenvalue weighted by Crippen LogP contribution is -2.22. The molecule has 1 aliphatic heterocycles. The maximum atomic E-state index is 12.3. The third-order valence-corrected chi connectivity index (χ3v) is 9.77. The average molecular weight is 829 g/mol. The molecule has 0 aliphatic carbocycles. The molecule has 314 valence electrons. The molecule has 8 rings (SSSR count). The summed E-state index contributed by atoms with van der Waals surface area (Å²) in [6.45, 7) is 10.8. The third-order valence-electron chi connectivity index (χ3n) is 9.77. The zero-order valence-corrected chi connectivity index (χ0v) is 35.3. The highest BCUT2D eigenvalue weighted by Gasteiger charge is 2.21. The van der Waals surface area contributed by atoms with Crippen molar-refractivity contribution in [3.05, 3.63) is 191 Å². The summed E-state index contributed by atoms with van der Waals surface area (Å²) in [4.78, 5) is 40.1. The average Bonchev–Trinajstić information content (AvgIpc) is 4.08. The van der Waals surface area contributed by atoms with Crippen LogP contribution in [0.2, 0.25) is 0 Å². The number of carbonyl (C=O) groups is 3. The minimum atomic E-state index is -0.601. The van der Waals surface area contributed by atoms with Gasteiger partial charge in [-0.2, -0.15) is 10.2 Å². The Morgan fingerprint density at radius 1 is 0.581 bits per heavy atom. The Bertz CT molecular complexity index is 2720. The summed E-state index contributed by atoms with van der Waals surface area (Å²) < 4.78 is 13.3. The predicted molar refractivity (Wildman–Crippen MR) is 240 cm³/mol. The fourth-order valence-corrected chi connectivity index (χ4v) is 6.64. The number of allylic oxidation sites excluding steroid dienone is 1. The Morgan fingerprint density at radius 3 is 1.47 bits per heavy atom. The zero-order chi connectivity index (χ0) is 44.0. The summed E-state index contributed by atoms with van der Waals surface area (Å²) in [5.74, 6) is -1.24. The minimum Gasteiger partial charge on any atom is -0.463 e. The summed E-state index contributed by atoms with van der Waals surface area (Å²) in [6, 6.07) is 46.2. The van der Waals surface area contributed by atoms with Gasteiger partial charge in [-0.05, 0) is 93.8 Å². The van der Waals surface area contributed by atoms with Gasteiger partial charge in [0.1, 0.15) is 5.69 Å². The lowest BCUT2D eigenvalue weighted by Gasteiger charge is -2.06. The molecule has 1 aliphatic rings. The maximum Gasteiger partial charge on any atom is 0.357 e. The van der Waals surface area contributed by atoms with Gasteiger partial charge in [-0.25, -0.2) is 24.4 Å². The Kier molecular flexibility index (Phi) is 14.9. The van der Waals surface area contributed by atoms with Gasteiger partial charge in [0.05, 0.1) is 53.8 Å². The number of carbonyl (C=O) groups excluding carboxylic acids is 3. The number of nitrogens with one attached hydrogen (secondary N) is 1. The van der Waals surface area contributed by atoms with E-state index >= 15 is 0 Å². The normalized spacial score (nSPS) is 11.5. The summed E-state index contributed by atoms with van der Waals surface area (Å²) in [6.07, 6.45) is 1.82. The lowest BCUT2D eigenvalue weighted by molar-refractivity contribution is -0.138. The SMILES string of the molecule is CCOC(=O)C1=CC(c2ccccc2C)=NC1.CCOC(=O)c1cc(-c2ccccc2C)nn1-c1ccccc1.Cc1ccccc1-c1cc(C(=O)NO)n(-c2ccccc2)n1. The number of hydrogen-bond donors (Lipinski definition) is 2. The van der Waals surface area contributed by atoms with E-state index in [0.29, 0.717) is 36.7 Å². The van der Waals surface area contributed by atoms with Crippen molar-refractivity contribution < 1.29 is 29.1 Å². The second-order valence-electron chi connectivity index (χ2n) is 14.0. The molecule has 0 spiro atoms. The molecule has 12 heteroatoms. The van der Waals surface area contributed by atoms with Crippen LogP contribution in [0.15, 0.2) is 162 Å². The van der Waals surface area contributed by atoms with Gasteiger partial charge in [-0.15, -0.1) is 0 Å². The van der Waals surface area contributed by atoms with Gasteiger partial charge in [-0.1, -0.05) is 109 Å². The molecular formula is C50H48N6O6. The molecule has 2 aromatic heterocycles. The van der Waals surface area contributed by atoms with Crippen LogP contribution >= 0.6 is 0 Å². The van der Waals surface area contributed by atoms with Crippen LogP contribution in [0.5, 0.6) is 0 Å². The predicted octanol–water partition coefficient (Wildman–Crippen LogP) is 9.28. The molecule has 0 atom stereocenters. The highest BCUT2D eigenvalue weighted by molar-refractivity contribution is 6.15. The molecule has 7 aromatic rings. The number of ether oxygens (including phenoxy) is 2. The van der Waals surface area contributed by atoms with E-state index in [4.69, 9.17) is 14.7 Å². The van der Waals surface area contributed by atoms with Crippen LogP contribution in [0.25, 0.3) is 33.9 Å². The Morgan fingerprint density at radius 2 is 1.00 bits per heavy atom. The smallest absolute Gasteiger partial charge is 0.357 e. The number of aliphatic imine (C=N–C) groups is 1. The van der Waals surface area contributed by atoms with Crippen molar-refractivity contribution >= 4 is 23.6 Å². The topological polar surface area (TPSA) is 150 Å². The van der Waals surface area contributed by atoms with Crippen molar-refractivity contribution in [2.45, 2.75) is 34.6 Å². The number of para-hydroxylation sites is 2. The number of nitrogens with zero attached hydrogens (tertiary/aromatic N) is 5. The van der Waals surface area contributed by atoms with Crippen molar-refractivity contribution in [3.8, 4) is 33.9 Å². The Balaban J connectivity index is 0.000000157. The molecule has 0 bridgehead atoms. The van der Waals surface area contributed by atoms with Gasteiger partial charge >= 0.3 is 11.9 Å². The van der Waals surface area contributed by atoms with Gasteiger partial charge in [0.25, 0.3) is 5.91 Å². The molecule has 0 saturated carbocycles. The molecule has 2 N–H and O–H groups in total. The van der Waals surface area contributed by atoms with E-state index in [0.717, 1.165) is 56.2 Å².